The van der Waals surface area contributed by atoms with Gasteiger partial charge in [0.2, 0.25) is 0 Å². The molecule has 0 saturated carbocycles. The lowest BCUT2D eigenvalue weighted by atomic mass is 10.1. The zero-order chi connectivity index (χ0) is 12.8. The van der Waals surface area contributed by atoms with Gasteiger partial charge in [0.05, 0.1) is 20.3 Å². The lowest BCUT2D eigenvalue weighted by molar-refractivity contribution is 0.138. The van der Waals surface area contributed by atoms with Crippen molar-refractivity contribution in [2.24, 2.45) is 0 Å². The summed E-state index contributed by atoms with van der Waals surface area (Å²) in [5.41, 5.74) is 3.73. The first-order valence-electron chi connectivity index (χ1n) is 5.39. The highest BCUT2D eigenvalue weighted by atomic mass is 16.5. The van der Waals surface area contributed by atoms with Crippen molar-refractivity contribution in [3.63, 3.8) is 0 Å². The van der Waals surface area contributed by atoms with Crippen LogP contribution in [0.25, 0.3) is 0 Å². The minimum Gasteiger partial charge on any atom is -0.497 e. The Bertz CT molecular complexity index is 356. The quantitative estimate of drug-likeness (QED) is 0.720. The van der Waals surface area contributed by atoms with Gasteiger partial charge in [-0.15, -0.1) is 0 Å². The highest BCUT2D eigenvalue weighted by molar-refractivity contribution is 5.41. The molecule has 0 fully saturated rings. The zero-order valence-corrected chi connectivity index (χ0v) is 10.7. The topological polar surface area (TPSA) is 54.0 Å². The number of hydrazine groups is 1. The Labute approximate surface area is 102 Å². The van der Waals surface area contributed by atoms with Crippen LogP contribution in [0.3, 0.4) is 0 Å². The van der Waals surface area contributed by atoms with Gasteiger partial charge in [-0.2, -0.15) is 0 Å². The van der Waals surface area contributed by atoms with Crippen molar-refractivity contribution in [1.82, 2.24) is 10.4 Å². The van der Waals surface area contributed by atoms with E-state index < -0.39 is 6.10 Å². The van der Waals surface area contributed by atoms with Crippen LogP contribution in [0.5, 0.6) is 11.5 Å². The van der Waals surface area contributed by atoms with E-state index in [9.17, 15) is 5.11 Å². The van der Waals surface area contributed by atoms with E-state index in [1.165, 1.54) is 0 Å². The summed E-state index contributed by atoms with van der Waals surface area (Å²) in [6.07, 6.45) is -0.651. The lowest BCUT2D eigenvalue weighted by Crippen LogP contribution is -2.34. The van der Waals surface area contributed by atoms with Gasteiger partial charge in [-0.25, -0.2) is 0 Å². The number of benzene rings is 1. The molecular formula is C12H20N2O3. The van der Waals surface area contributed by atoms with Crippen LogP contribution in [0.4, 0.5) is 0 Å². The molecule has 1 atom stereocenters. The average Bonchev–Trinajstić information content (AvgIpc) is 2.34. The zero-order valence-electron chi connectivity index (χ0n) is 10.7. The Morgan fingerprint density at radius 1 is 1.29 bits per heavy atom. The molecule has 0 aromatic heterocycles. The minimum absolute atomic E-state index is 0.413. The summed E-state index contributed by atoms with van der Waals surface area (Å²) in [6.45, 7) is 0.413. The molecule has 5 heteroatoms. The summed E-state index contributed by atoms with van der Waals surface area (Å²) < 4.78 is 10.3. The van der Waals surface area contributed by atoms with Crippen molar-refractivity contribution in [2.75, 3.05) is 34.9 Å². The van der Waals surface area contributed by atoms with Crippen LogP contribution in [0.15, 0.2) is 18.2 Å². The molecule has 0 radical (unpaired) electrons. The molecule has 96 valence electrons. The van der Waals surface area contributed by atoms with Crippen LogP contribution in [0.2, 0.25) is 0 Å². The molecule has 17 heavy (non-hydrogen) atoms. The van der Waals surface area contributed by atoms with Gasteiger partial charge < -0.3 is 14.6 Å². The number of ether oxygens (including phenoxy) is 2. The fourth-order valence-electron chi connectivity index (χ4n) is 1.48. The smallest absolute Gasteiger partial charge is 0.124 e. The Morgan fingerprint density at radius 3 is 2.53 bits per heavy atom. The second-order valence-corrected chi connectivity index (χ2v) is 3.88. The second kappa shape index (κ2) is 6.44. The first kappa shape index (κ1) is 13.8. The molecule has 0 aliphatic carbocycles. The van der Waals surface area contributed by atoms with Gasteiger partial charge in [-0.3, -0.25) is 10.4 Å². The number of aliphatic hydroxyl groups excluding tert-OH is 1. The summed E-state index contributed by atoms with van der Waals surface area (Å²) in [5.74, 6) is 1.35. The Hall–Kier alpha value is -1.30. The van der Waals surface area contributed by atoms with Crippen LogP contribution >= 0.6 is 0 Å². The third kappa shape index (κ3) is 3.89. The van der Waals surface area contributed by atoms with Gasteiger partial charge in [0, 0.05) is 26.2 Å². The summed E-state index contributed by atoms with van der Waals surface area (Å²) in [6, 6.07) is 5.36. The Balaban J connectivity index is 2.85. The van der Waals surface area contributed by atoms with Crippen LogP contribution in [0.1, 0.15) is 11.7 Å². The van der Waals surface area contributed by atoms with Crippen LogP contribution < -0.4 is 14.9 Å². The maximum atomic E-state index is 10.1. The van der Waals surface area contributed by atoms with Crippen molar-refractivity contribution in [1.29, 1.82) is 0 Å². The van der Waals surface area contributed by atoms with Gasteiger partial charge >= 0.3 is 0 Å². The third-order valence-corrected chi connectivity index (χ3v) is 2.40. The monoisotopic (exact) mass is 240 g/mol. The van der Waals surface area contributed by atoms with Gasteiger partial charge in [0.25, 0.3) is 0 Å². The van der Waals surface area contributed by atoms with E-state index in [-0.39, 0.29) is 0 Å². The van der Waals surface area contributed by atoms with Gasteiger partial charge in [0.15, 0.2) is 0 Å². The molecule has 1 rings (SSSR count). The van der Waals surface area contributed by atoms with Crippen LogP contribution in [-0.2, 0) is 0 Å². The van der Waals surface area contributed by atoms with E-state index in [1.54, 1.807) is 37.4 Å². The molecule has 1 aromatic rings. The average molecular weight is 240 g/mol. The van der Waals surface area contributed by atoms with Crippen molar-refractivity contribution in [2.45, 2.75) is 6.10 Å². The number of rotatable bonds is 6. The van der Waals surface area contributed by atoms with E-state index >= 15 is 0 Å². The molecule has 0 spiro atoms. The molecule has 2 N–H and O–H groups in total. The van der Waals surface area contributed by atoms with E-state index in [4.69, 9.17) is 9.47 Å². The summed E-state index contributed by atoms with van der Waals surface area (Å²) >= 11 is 0. The van der Waals surface area contributed by atoms with Crippen molar-refractivity contribution >= 4 is 0 Å². The molecule has 5 nitrogen and oxygen atoms in total. The molecule has 0 saturated heterocycles. The molecule has 0 heterocycles. The molecular weight excluding hydrogens is 220 g/mol. The van der Waals surface area contributed by atoms with Crippen molar-refractivity contribution in [3.8, 4) is 11.5 Å². The van der Waals surface area contributed by atoms with Gasteiger partial charge in [0.1, 0.15) is 11.5 Å². The van der Waals surface area contributed by atoms with E-state index in [0.717, 1.165) is 0 Å². The van der Waals surface area contributed by atoms with E-state index in [1.807, 2.05) is 14.1 Å². The number of hydrogen-bond acceptors (Lipinski definition) is 5. The van der Waals surface area contributed by atoms with Crippen LogP contribution in [0, 0.1) is 0 Å². The molecule has 0 amide bonds. The predicted octanol–water partition coefficient (Wildman–Crippen LogP) is 0.803. The number of nitrogens with one attached hydrogen (secondary N) is 1. The third-order valence-electron chi connectivity index (χ3n) is 2.40. The predicted molar refractivity (Wildman–Crippen MR) is 66.2 cm³/mol. The molecule has 0 bridgehead atoms. The van der Waals surface area contributed by atoms with E-state index in [0.29, 0.717) is 23.6 Å². The normalized spacial score (nSPS) is 12.6. The molecule has 0 aliphatic rings. The highest BCUT2D eigenvalue weighted by Gasteiger charge is 2.14. The highest BCUT2D eigenvalue weighted by Crippen LogP contribution is 2.28. The van der Waals surface area contributed by atoms with Crippen molar-refractivity contribution < 1.29 is 14.6 Å². The van der Waals surface area contributed by atoms with Crippen LogP contribution in [-0.4, -0.2) is 45.0 Å². The Morgan fingerprint density at radius 2 is 2.00 bits per heavy atom. The first-order valence-corrected chi connectivity index (χ1v) is 5.39. The van der Waals surface area contributed by atoms with Gasteiger partial charge in [-0.05, 0) is 18.2 Å². The lowest BCUT2D eigenvalue weighted by Gasteiger charge is -2.19. The maximum Gasteiger partial charge on any atom is 0.124 e. The fraction of sp³-hybridized carbons (Fsp3) is 0.500. The minimum atomic E-state index is -0.651. The number of hydrogen-bond donors (Lipinski definition) is 2. The Kier molecular flexibility index (Phi) is 5.21. The van der Waals surface area contributed by atoms with Crippen molar-refractivity contribution in [3.05, 3.63) is 23.8 Å². The maximum absolute atomic E-state index is 10.1. The van der Waals surface area contributed by atoms with Gasteiger partial charge in [-0.1, -0.05) is 0 Å². The SMILES string of the molecule is COc1ccc(OC)c(C(O)CNN(C)C)c1. The standard InChI is InChI=1S/C12H20N2O3/c1-14(2)13-8-11(15)10-7-9(16-3)5-6-12(10)17-4/h5-7,11,13,15H,8H2,1-4H3. The summed E-state index contributed by atoms with van der Waals surface area (Å²) in [7, 11) is 6.92. The molecule has 0 aliphatic heterocycles. The second-order valence-electron chi connectivity index (χ2n) is 3.88. The number of aliphatic hydroxyl groups is 1. The molecule has 1 unspecified atom stereocenters. The first-order chi connectivity index (χ1) is 8.08. The molecule has 1 aromatic carbocycles. The summed E-state index contributed by atoms with van der Waals surface area (Å²) in [4.78, 5) is 0. The fourth-order valence-corrected chi connectivity index (χ4v) is 1.48. The number of methoxy groups -OCH3 is 2. The largest absolute Gasteiger partial charge is 0.497 e. The number of nitrogens with zero attached hydrogens (tertiary/aromatic N) is 1. The van der Waals surface area contributed by atoms with E-state index in [2.05, 4.69) is 5.43 Å². The summed E-state index contributed by atoms with van der Waals surface area (Å²) in [5, 5.41) is 11.9.